The van der Waals surface area contributed by atoms with Gasteiger partial charge in [-0.15, -0.1) is 0 Å². The molecular weight excluding hydrogens is 330 g/mol. The maximum atomic E-state index is 5.83. The average Bonchev–Trinajstić information content (AvgIpc) is 3.31. The molecule has 5 heteroatoms. The van der Waals surface area contributed by atoms with Gasteiger partial charge in [0, 0.05) is 17.3 Å². The summed E-state index contributed by atoms with van der Waals surface area (Å²) in [6.07, 6.45) is 5.38. The number of fused-ring (bicyclic) bond motifs is 2. The molecule has 1 heterocycles. The van der Waals surface area contributed by atoms with Gasteiger partial charge >= 0.3 is 0 Å². The van der Waals surface area contributed by atoms with Crippen LogP contribution in [0.25, 0.3) is 0 Å². The van der Waals surface area contributed by atoms with E-state index in [0.717, 1.165) is 39.7 Å². The van der Waals surface area contributed by atoms with Crippen LogP contribution in [0, 0.1) is 25.7 Å². The van der Waals surface area contributed by atoms with E-state index < -0.39 is 0 Å². The fourth-order valence-corrected chi connectivity index (χ4v) is 4.75. The molecule has 2 aromatic rings. The van der Waals surface area contributed by atoms with Gasteiger partial charge < -0.3 is 14.7 Å². The lowest BCUT2D eigenvalue weighted by molar-refractivity contribution is 0.390. The third-order valence-corrected chi connectivity index (χ3v) is 6.20. The number of hydrogen-bond acceptors (Lipinski definition) is 3. The molecular formula is C20H25N3OS. The van der Waals surface area contributed by atoms with Crippen LogP contribution in [-0.4, -0.2) is 16.3 Å². The summed E-state index contributed by atoms with van der Waals surface area (Å²) in [6, 6.07) is 10.9. The van der Waals surface area contributed by atoms with Crippen molar-refractivity contribution in [2.45, 2.75) is 52.1 Å². The maximum Gasteiger partial charge on any atom is 0.174 e. The number of aryl methyl sites for hydroxylation is 2. The highest BCUT2D eigenvalue weighted by atomic mass is 32.1. The third-order valence-electron chi connectivity index (χ3n) is 5.86. The quantitative estimate of drug-likeness (QED) is 0.825. The van der Waals surface area contributed by atoms with Crippen molar-refractivity contribution in [3.63, 3.8) is 0 Å². The second-order valence-electron chi connectivity index (χ2n) is 7.46. The molecule has 25 heavy (non-hydrogen) atoms. The lowest BCUT2D eigenvalue weighted by Crippen LogP contribution is -2.46. The molecule has 1 aromatic heterocycles. The van der Waals surface area contributed by atoms with Gasteiger partial charge in [0.2, 0.25) is 0 Å². The summed E-state index contributed by atoms with van der Waals surface area (Å²) in [5.41, 5.74) is 3.14. The molecule has 132 valence electrons. The molecule has 2 aliphatic carbocycles. The minimum absolute atomic E-state index is 0.530. The van der Waals surface area contributed by atoms with Crippen molar-refractivity contribution in [3.8, 4) is 0 Å². The summed E-state index contributed by atoms with van der Waals surface area (Å²) in [5, 5.41) is 8.57. The molecule has 2 bridgehead atoms. The van der Waals surface area contributed by atoms with Gasteiger partial charge in [-0.05, 0) is 69.3 Å². The monoisotopic (exact) mass is 355 g/mol. The van der Waals surface area contributed by atoms with Gasteiger partial charge in [-0.3, -0.25) is 0 Å². The first-order valence-electron chi connectivity index (χ1n) is 9.16. The van der Waals surface area contributed by atoms with E-state index in [-0.39, 0.29) is 0 Å². The lowest BCUT2D eigenvalue weighted by atomic mass is 9.95. The van der Waals surface area contributed by atoms with Crippen LogP contribution in [0.2, 0.25) is 0 Å². The summed E-state index contributed by atoms with van der Waals surface area (Å²) in [6.45, 7) is 4.63. The van der Waals surface area contributed by atoms with E-state index in [1.807, 2.05) is 19.9 Å². The third kappa shape index (κ3) is 3.30. The number of benzene rings is 1. The Kier molecular flexibility index (Phi) is 4.50. The van der Waals surface area contributed by atoms with Crippen molar-refractivity contribution in [2.75, 3.05) is 4.90 Å². The number of anilines is 1. The number of nitrogens with zero attached hydrogens (tertiary/aromatic N) is 2. The number of nitrogens with one attached hydrogen (secondary N) is 1. The number of hydrogen-bond donors (Lipinski definition) is 1. The first kappa shape index (κ1) is 16.6. The Morgan fingerprint density at radius 1 is 1.24 bits per heavy atom. The molecule has 4 nitrogen and oxygen atoms in total. The second-order valence-corrected chi connectivity index (χ2v) is 7.84. The van der Waals surface area contributed by atoms with Gasteiger partial charge in [0.25, 0.3) is 0 Å². The van der Waals surface area contributed by atoms with Crippen LogP contribution < -0.4 is 10.2 Å². The molecule has 1 aromatic carbocycles. The summed E-state index contributed by atoms with van der Waals surface area (Å²) < 4.78 is 5.35. The zero-order valence-electron chi connectivity index (χ0n) is 14.9. The van der Waals surface area contributed by atoms with Gasteiger partial charge in [0.05, 0.1) is 12.2 Å². The Hall–Kier alpha value is -1.88. The fraction of sp³-hybridized carbons (Fsp3) is 0.500. The smallest absolute Gasteiger partial charge is 0.174 e. The molecule has 2 aliphatic rings. The van der Waals surface area contributed by atoms with Crippen molar-refractivity contribution in [3.05, 3.63) is 47.3 Å². The highest BCUT2D eigenvalue weighted by Crippen LogP contribution is 2.44. The first-order chi connectivity index (χ1) is 12.1. The highest BCUT2D eigenvalue weighted by Gasteiger charge is 2.40. The first-order valence-corrected chi connectivity index (χ1v) is 9.57. The standard InChI is InChI=1S/C20H25N3OS/c1-13-18(14(2)24-22-13)12-23(17-6-4-3-5-7-17)20(25)21-19-11-15-8-9-16(19)10-15/h3-7,15-16,19H,8-12H2,1-2H3,(H,21,25)/t15-,16+,19-/m1/s1. The van der Waals surface area contributed by atoms with Crippen LogP contribution in [0.5, 0.6) is 0 Å². The normalized spacial score (nSPS) is 24.5. The number of rotatable bonds is 4. The maximum absolute atomic E-state index is 5.83. The van der Waals surface area contributed by atoms with Gasteiger partial charge in [-0.1, -0.05) is 29.8 Å². The molecule has 1 N–H and O–H groups in total. The van der Waals surface area contributed by atoms with E-state index in [0.29, 0.717) is 12.6 Å². The SMILES string of the molecule is Cc1noc(C)c1CN(C(=S)N[C@@H]1C[C@@H]2CC[C@H]1C2)c1ccccc1. The van der Waals surface area contributed by atoms with E-state index in [9.17, 15) is 0 Å². The molecule has 4 rings (SSSR count). The van der Waals surface area contributed by atoms with Crippen molar-refractivity contribution in [1.82, 2.24) is 10.5 Å². The molecule has 2 saturated carbocycles. The molecule has 0 saturated heterocycles. The molecule has 0 radical (unpaired) electrons. The Morgan fingerprint density at radius 3 is 2.64 bits per heavy atom. The summed E-state index contributed by atoms with van der Waals surface area (Å²) in [4.78, 5) is 2.17. The van der Waals surface area contributed by atoms with Crippen LogP contribution in [-0.2, 0) is 6.54 Å². The van der Waals surface area contributed by atoms with Crippen LogP contribution in [0.3, 0.4) is 0 Å². The Bertz CT molecular complexity index is 738. The minimum Gasteiger partial charge on any atom is -0.361 e. The number of thiocarbonyl (C=S) groups is 1. The highest BCUT2D eigenvalue weighted by molar-refractivity contribution is 7.80. The predicted molar refractivity (Wildman–Crippen MR) is 104 cm³/mol. The molecule has 0 aliphatic heterocycles. The van der Waals surface area contributed by atoms with Crippen molar-refractivity contribution in [2.24, 2.45) is 11.8 Å². The Balaban J connectivity index is 1.56. The summed E-state index contributed by atoms with van der Waals surface area (Å²) in [7, 11) is 0. The zero-order valence-corrected chi connectivity index (χ0v) is 15.7. The van der Waals surface area contributed by atoms with Gasteiger partial charge in [0.15, 0.2) is 5.11 Å². The molecule has 3 atom stereocenters. The van der Waals surface area contributed by atoms with E-state index in [4.69, 9.17) is 16.7 Å². The molecule has 0 unspecified atom stereocenters. The minimum atomic E-state index is 0.530. The summed E-state index contributed by atoms with van der Waals surface area (Å²) in [5.74, 6) is 2.55. The zero-order chi connectivity index (χ0) is 17.4. The predicted octanol–water partition coefficient (Wildman–Crippen LogP) is 4.36. The van der Waals surface area contributed by atoms with Crippen molar-refractivity contribution in [1.29, 1.82) is 0 Å². The topological polar surface area (TPSA) is 41.3 Å². The number of aromatic nitrogens is 1. The van der Waals surface area contributed by atoms with Crippen LogP contribution in [0.1, 0.15) is 42.7 Å². The fourth-order valence-electron chi connectivity index (χ4n) is 4.43. The van der Waals surface area contributed by atoms with Gasteiger partial charge in [0.1, 0.15) is 5.76 Å². The average molecular weight is 356 g/mol. The van der Waals surface area contributed by atoms with E-state index in [2.05, 4.69) is 39.6 Å². The van der Waals surface area contributed by atoms with Crippen LogP contribution in [0.4, 0.5) is 5.69 Å². The molecule has 2 fully saturated rings. The Morgan fingerprint density at radius 2 is 2.04 bits per heavy atom. The van der Waals surface area contributed by atoms with Crippen LogP contribution in [0.15, 0.2) is 34.9 Å². The molecule has 0 amide bonds. The largest absolute Gasteiger partial charge is 0.361 e. The van der Waals surface area contributed by atoms with Gasteiger partial charge in [-0.2, -0.15) is 0 Å². The van der Waals surface area contributed by atoms with E-state index in [1.165, 1.54) is 25.7 Å². The summed E-state index contributed by atoms with van der Waals surface area (Å²) >= 11 is 5.83. The van der Waals surface area contributed by atoms with Crippen LogP contribution >= 0.6 is 12.2 Å². The lowest BCUT2D eigenvalue weighted by Gasteiger charge is -2.31. The van der Waals surface area contributed by atoms with Crippen molar-refractivity contribution >= 4 is 23.0 Å². The Labute approximate surface area is 154 Å². The van der Waals surface area contributed by atoms with Crippen molar-refractivity contribution < 1.29 is 4.52 Å². The molecule has 0 spiro atoms. The van der Waals surface area contributed by atoms with E-state index >= 15 is 0 Å². The second kappa shape index (κ2) is 6.79. The number of para-hydroxylation sites is 1. The van der Waals surface area contributed by atoms with E-state index in [1.54, 1.807) is 0 Å². The van der Waals surface area contributed by atoms with Gasteiger partial charge in [-0.25, -0.2) is 0 Å².